The van der Waals surface area contributed by atoms with Crippen LogP contribution in [0.15, 0.2) is 22.7 Å². The molecule has 1 aromatic carbocycles. The number of anilines is 2. The summed E-state index contributed by atoms with van der Waals surface area (Å²) in [5.74, 6) is 0.678. The monoisotopic (exact) mass is 374 g/mol. The van der Waals surface area contributed by atoms with Gasteiger partial charge in [-0.25, -0.2) is 0 Å². The number of nitrogens with zero attached hydrogens (tertiary/aromatic N) is 5. The van der Waals surface area contributed by atoms with E-state index in [0.29, 0.717) is 30.6 Å². The topological polar surface area (TPSA) is 118 Å². The van der Waals surface area contributed by atoms with Crippen molar-refractivity contribution in [2.24, 2.45) is 0 Å². The van der Waals surface area contributed by atoms with Crippen LogP contribution in [0.25, 0.3) is 0 Å². The Morgan fingerprint density at radius 3 is 2.85 bits per heavy atom. The minimum absolute atomic E-state index is 0.00169. The van der Waals surface area contributed by atoms with Gasteiger partial charge in [0, 0.05) is 45.9 Å². The van der Waals surface area contributed by atoms with E-state index in [1.807, 2.05) is 19.0 Å². The van der Waals surface area contributed by atoms with Gasteiger partial charge in [0.25, 0.3) is 17.5 Å². The summed E-state index contributed by atoms with van der Waals surface area (Å²) in [4.78, 5) is 31.0. The molecule has 0 aliphatic carbocycles. The molecule has 1 saturated heterocycles. The van der Waals surface area contributed by atoms with Gasteiger partial charge in [0.05, 0.1) is 10.8 Å². The molecule has 2 heterocycles. The van der Waals surface area contributed by atoms with Gasteiger partial charge >= 0.3 is 0 Å². The molecule has 1 aliphatic rings. The lowest BCUT2D eigenvalue weighted by atomic mass is 9.97. The van der Waals surface area contributed by atoms with Crippen LogP contribution in [-0.4, -0.2) is 55.2 Å². The maximum absolute atomic E-state index is 11.8. The average molecular weight is 374 g/mol. The third kappa shape index (κ3) is 3.83. The van der Waals surface area contributed by atoms with E-state index >= 15 is 0 Å². The highest BCUT2D eigenvalue weighted by molar-refractivity contribution is 5.95. The lowest BCUT2D eigenvalue weighted by Gasteiger charge is -2.32. The fourth-order valence-corrected chi connectivity index (χ4v) is 3.19. The maximum Gasteiger partial charge on any atom is 0.293 e. The highest BCUT2D eigenvalue weighted by Crippen LogP contribution is 2.35. The first-order chi connectivity index (χ1) is 12.9. The minimum atomic E-state index is -0.456. The molecular weight excluding hydrogens is 352 g/mol. The predicted molar refractivity (Wildman–Crippen MR) is 99.3 cm³/mol. The van der Waals surface area contributed by atoms with Gasteiger partial charge in [-0.05, 0) is 30.1 Å². The number of nitro benzene ring substituents is 1. The van der Waals surface area contributed by atoms with E-state index in [-0.39, 0.29) is 23.1 Å². The van der Waals surface area contributed by atoms with Gasteiger partial charge in [0.15, 0.2) is 0 Å². The average Bonchev–Trinajstić information content (AvgIpc) is 3.17. The van der Waals surface area contributed by atoms with Crippen molar-refractivity contribution in [3.8, 4) is 0 Å². The zero-order chi connectivity index (χ0) is 19.6. The fraction of sp³-hybridized carbons (Fsp3) is 0.471. The second-order valence-electron chi connectivity index (χ2n) is 6.65. The number of carbonyl (C=O) groups is 1. The van der Waals surface area contributed by atoms with Crippen molar-refractivity contribution in [1.29, 1.82) is 0 Å². The van der Waals surface area contributed by atoms with Crippen LogP contribution in [-0.2, 0) is 0 Å². The van der Waals surface area contributed by atoms with Crippen LogP contribution in [0.2, 0.25) is 0 Å². The highest BCUT2D eigenvalue weighted by Gasteiger charge is 2.30. The van der Waals surface area contributed by atoms with Crippen molar-refractivity contribution < 1.29 is 14.2 Å². The van der Waals surface area contributed by atoms with Crippen molar-refractivity contribution in [2.75, 3.05) is 44.0 Å². The Labute approximate surface area is 156 Å². The van der Waals surface area contributed by atoms with E-state index in [1.54, 1.807) is 17.0 Å². The van der Waals surface area contributed by atoms with Gasteiger partial charge in [-0.3, -0.25) is 14.9 Å². The predicted octanol–water partition coefficient (Wildman–Crippen LogP) is 1.79. The molecule has 0 saturated carbocycles. The molecule has 1 N–H and O–H groups in total. The van der Waals surface area contributed by atoms with Crippen LogP contribution in [0.3, 0.4) is 0 Å². The molecule has 0 bridgehead atoms. The molecule has 1 atom stereocenters. The van der Waals surface area contributed by atoms with Crippen LogP contribution in [0.4, 0.5) is 17.3 Å². The summed E-state index contributed by atoms with van der Waals surface area (Å²) >= 11 is 0. The first-order valence-electron chi connectivity index (χ1n) is 8.67. The molecule has 0 spiro atoms. The molecule has 10 nitrogen and oxygen atoms in total. The zero-order valence-corrected chi connectivity index (χ0v) is 15.5. The Bertz CT molecular complexity index is 850. The number of hydrogen-bond donors (Lipinski definition) is 1. The molecule has 10 heteroatoms. The molecule has 1 amide bonds. The quantitative estimate of drug-likeness (QED) is 0.622. The molecule has 1 unspecified atom stereocenters. The molecule has 144 valence electrons. The molecule has 27 heavy (non-hydrogen) atoms. The van der Waals surface area contributed by atoms with Gasteiger partial charge < -0.3 is 19.6 Å². The number of benzene rings is 1. The van der Waals surface area contributed by atoms with Gasteiger partial charge in [-0.2, -0.15) is 4.98 Å². The summed E-state index contributed by atoms with van der Waals surface area (Å²) in [6, 6.07) is 4.54. The third-order valence-electron chi connectivity index (χ3n) is 4.60. The Hall–Kier alpha value is -3.17. The minimum Gasteiger partial charge on any atom is -0.365 e. The van der Waals surface area contributed by atoms with Crippen molar-refractivity contribution in [3.05, 3.63) is 39.8 Å². The van der Waals surface area contributed by atoms with Gasteiger partial charge in [-0.15, -0.1) is 0 Å². The summed E-state index contributed by atoms with van der Waals surface area (Å²) in [6.07, 6.45) is 1.72. The maximum atomic E-state index is 11.8. The lowest BCUT2D eigenvalue weighted by molar-refractivity contribution is -0.384. The van der Waals surface area contributed by atoms with Gasteiger partial charge in [0.1, 0.15) is 5.69 Å². The van der Waals surface area contributed by atoms with Gasteiger partial charge in [0.2, 0.25) is 5.89 Å². The Balaban J connectivity index is 1.86. The van der Waals surface area contributed by atoms with E-state index in [4.69, 9.17) is 4.52 Å². The van der Waals surface area contributed by atoms with Crippen LogP contribution in [0.5, 0.6) is 0 Å². The smallest absolute Gasteiger partial charge is 0.293 e. The summed E-state index contributed by atoms with van der Waals surface area (Å²) < 4.78 is 5.38. The first-order valence-corrected chi connectivity index (χ1v) is 8.67. The van der Waals surface area contributed by atoms with Crippen LogP contribution in [0, 0.1) is 10.1 Å². The molecule has 1 aliphatic heterocycles. The standard InChI is InChI=1S/C17H22N6O4/c1-18-15(24)11-6-7-13(14(9-11)23(25)26)22-8-4-5-12(10-22)16-19-17(20-27-16)21(2)3/h6-7,9,12H,4-5,8,10H2,1-3H3,(H,18,24). The highest BCUT2D eigenvalue weighted by atomic mass is 16.6. The Morgan fingerprint density at radius 2 is 2.22 bits per heavy atom. The van der Waals surface area contributed by atoms with E-state index in [9.17, 15) is 14.9 Å². The number of nitro groups is 1. The zero-order valence-electron chi connectivity index (χ0n) is 15.5. The van der Waals surface area contributed by atoms with E-state index in [1.165, 1.54) is 13.1 Å². The number of piperidine rings is 1. The summed E-state index contributed by atoms with van der Waals surface area (Å²) in [5.41, 5.74) is 0.662. The number of carbonyl (C=O) groups excluding carboxylic acids is 1. The summed E-state index contributed by atoms with van der Waals surface area (Å²) in [5, 5.41) is 18.0. The normalized spacial score (nSPS) is 16.9. The van der Waals surface area contributed by atoms with Crippen molar-refractivity contribution in [2.45, 2.75) is 18.8 Å². The SMILES string of the molecule is CNC(=O)c1ccc(N2CCCC(c3nc(N(C)C)no3)C2)c([N+](=O)[O-])c1. The molecule has 1 aromatic heterocycles. The Kier molecular flexibility index (Phi) is 5.24. The molecule has 3 rings (SSSR count). The Morgan fingerprint density at radius 1 is 1.44 bits per heavy atom. The third-order valence-corrected chi connectivity index (χ3v) is 4.60. The molecule has 1 fully saturated rings. The van der Waals surface area contributed by atoms with Crippen LogP contribution >= 0.6 is 0 Å². The van der Waals surface area contributed by atoms with E-state index in [2.05, 4.69) is 15.5 Å². The van der Waals surface area contributed by atoms with Crippen molar-refractivity contribution in [1.82, 2.24) is 15.5 Å². The second kappa shape index (κ2) is 7.60. The molecule has 0 radical (unpaired) electrons. The van der Waals surface area contributed by atoms with Gasteiger partial charge in [-0.1, -0.05) is 0 Å². The summed E-state index contributed by atoms with van der Waals surface area (Å²) in [7, 11) is 5.15. The number of rotatable bonds is 5. The van der Waals surface area contributed by atoms with Crippen LogP contribution in [0.1, 0.15) is 35.0 Å². The number of aromatic nitrogens is 2. The fourth-order valence-electron chi connectivity index (χ4n) is 3.19. The van der Waals surface area contributed by atoms with Crippen molar-refractivity contribution in [3.63, 3.8) is 0 Å². The number of hydrogen-bond acceptors (Lipinski definition) is 8. The van der Waals surface area contributed by atoms with E-state index in [0.717, 1.165) is 12.8 Å². The second-order valence-corrected chi connectivity index (χ2v) is 6.65. The van der Waals surface area contributed by atoms with E-state index < -0.39 is 4.92 Å². The summed E-state index contributed by atoms with van der Waals surface area (Å²) in [6.45, 7) is 1.22. The number of amides is 1. The first kappa shape index (κ1) is 18.6. The largest absolute Gasteiger partial charge is 0.365 e. The molecular formula is C17H22N6O4. The lowest BCUT2D eigenvalue weighted by Crippen LogP contribution is -2.35. The van der Waals surface area contributed by atoms with Crippen molar-refractivity contribution >= 4 is 23.2 Å². The number of nitrogens with one attached hydrogen (secondary N) is 1. The van der Waals surface area contributed by atoms with Crippen LogP contribution < -0.4 is 15.1 Å². The molecule has 2 aromatic rings.